The lowest BCUT2D eigenvalue weighted by Gasteiger charge is -2.04. The molecule has 0 radical (unpaired) electrons. The van der Waals surface area contributed by atoms with Crippen LogP contribution in [0.15, 0.2) is 22.6 Å². The second kappa shape index (κ2) is 4.32. The molecule has 0 aliphatic heterocycles. The van der Waals surface area contributed by atoms with E-state index in [9.17, 15) is 0 Å². The van der Waals surface area contributed by atoms with Crippen LogP contribution in [0.25, 0.3) is 0 Å². The first-order chi connectivity index (χ1) is 7.69. The van der Waals surface area contributed by atoms with Crippen molar-refractivity contribution in [1.82, 2.24) is 10.2 Å². The van der Waals surface area contributed by atoms with Gasteiger partial charge in [0.15, 0.2) is 0 Å². The van der Waals surface area contributed by atoms with Crippen molar-refractivity contribution in [2.24, 2.45) is 5.73 Å². The Labute approximate surface area is 93.7 Å². The molecule has 0 saturated carbocycles. The zero-order chi connectivity index (χ0) is 11.5. The summed E-state index contributed by atoms with van der Waals surface area (Å²) >= 11 is 0. The molecule has 0 aliphatic carbocycles. The lowest BCUT2D eigenvalue weighted by Crippen LogP contribution is -1.95. The SMILES string of the molecule is Cc1ccc(Nc2nnc(CN)o2)cc1C. The largest absolute Gasteiger partial charge is 0.406 e. The van der Waals surface area contributed by atoms with Crippen LogP contribution in [0.2, 0.25) is 0 Å². The highest BCUT2D eigenvalue weighted by Crippen LogP contribution is 2.18. The molecule has 84 valence electrons. The number of hydrogen-bond donors (Lipinski definition) is 2. The number of nitrogens with two attached hydrogens (primary N) is 1. The predicted octanol–water partition coefficient (Wildman–Crippen LogP) is 1.89. The summed E-state index contributed by atoms with van der Waals surface area (Å²) in [5, 5.41) is 10.6. The molecule has 1 aromatic carbocycles. The molecule has 5 nitrogen and oxygen atoms in total. The summed E-state index contributed by atoms with van der Waals surface area (Å²) in [5.41, 5.74) is 8.76. The third-order valence-corrected chi connectivity index (χ3v) is 2.40. The number of benzene rings is 1. The van der Waals surface area contributed by atoms with Gasteiger partial charge >= 0.3 is 6.01 Å². The maximum atomic E-state index is 5.38. The number of aryl methyl sites for hydroxylation is 2. The number of aromatic nitrogens is 2. The van der Waals surface area contributed by atoms with E-state index in [-0.39, 0.29) is 6.54 Å². The fourth-order valence-corrected chi connectivity index (χ4v) is 1.33. The van der Waals surface area contributed by atoms with Gasteiger partial charge in [0.05, 0.1) is 6.54 Å². The van der Waals surface area contributed by atoms with Gasteiger partial charge in [0.1, 0.15) is 0 Å². The molecule has 2 aromatic rings. The first-order valence-corrected chi connectivity index (χ1v) is 5.06. The molecule has 0 bridgehead atoms. The van der Waals surface area contributed by atoms with E-state index in [1.165, 1.54) is 11.1 Å². The Kier molecular flexibility index (Phi) is 2.87. The Morgan fingerprint density at radius 2 is 2.06 bits per heavy atom. The summed E-state index contributed by atoms with van der Waals surface area (Å²) in [5.74, 6) is 0.423. The van der Waals surface area contributed by atoms with E-state index in [1.807, 2.05) is 18.2 Å². The van der Waals surface area contributed by atoms with E-state index >= 15 is 0 Å². The lowest BCUT2D eigenvalue weighted by molar-refractivity contribution is 0.511. The normalized spacial score (nSPS) is 10.4. The van der Waals surface area contributed by atoms with Gasteiger partial charge in [0.25, 0.3) is 0 Å². The standard InChI is InChI=1S/C11H14N4O/c1-7-3-4-9(5-8(7)2)13-11-15-14-10(6-12)16-11/h3-5H,6,12H2,1-2H3,(H,13,15). The van der Waals surface area contributed by atoms with Crippen LogP contribution in [0, 0.1) is 13.8 Å². The van der Waals surface area contributed by atoms with E-state index in [2.05, 4.69) is 29.4 Å². The first kappa shape index (κ1) is 10.6. The Hall–Kier alpha value is -1.88. The smallest absolute Gasteiger partial charge is 0.320 e. The monoisotopic (exact) mass is 218 g/mol. The fourth-order valence-electron chi connectivity index (χ4n) is 1.33. The molecular weight excluding hydrogens is 204 g/mol. The van der Waals surface area contributed by atoms with Gasteiger partial charge in [-0.15, -0.1) is 5.10 Å². The number of nitrogens with one attached hydrogen (secondary N) is 1. The number of hydrogen-bond acceptors (Lipinski definition) is 5. The van der Waals surface area contributed by atoms with Gasteiger partial charge in [-0.2, -0.15) is 0 Å². The highest BCUT2D eigenvalue weighted by atomic mass is 16.4. The molecular formula is C11H14N4O. The Balaban J connectivity index is 2.17. The van der Waals surface area contributed by atoms with Gasteiger partial charge in [-0.1, -0.05) is 11.2 Å². The minimum Gasteiger partial charge on any atom is -0.406 e. The average molecular weight is 218 g/mol. The second-order valence-corrected chi connectivity index (χ2v) is 3.63. The van der Waals surface area contributed by atoms with Crippen LogP contribution in [0.1, 0.15) is 17.0 Å². The first-order valence-electron chi connectivity index (χ1n) is 5.06. The van der Waals surface area contributed by atoms with Gasteiger partial charge in [-0.3, -0.25) is 0 Å². The van der Waals surface area contributed by atoms with Gasteiger partial charge in [-0.25, -0.2) is 0 Å². The van der Waals surface area contributed by atoms with Crippen molar-refractivity contribution < 1.29 is 4.42 Å². The molecule has 1 heterocycles. The second-order valence-electron chi connectivity index (χ2n) is 3.63. The molecule has 0 atom stereocenters. The summed E-state index contributed by atoms with van der Waals surface area (Å²) < 4.78 is 5.25. The molecule has 1 aromatic heterocycles. The van der Waals surface area contributed by atoms with Crippen LogP contribution < -0.4 is 11.1 Å². The summed E-state index contributed by atoms with van der Waals surface area (Å²) in [6, 6.07) is 6.40. The molecule has 3 N–H and O–H groups in total. The maximum absolute atomic E-state index is 5.38. The Bertz CT molecular complexity index is 492. The predicted molar refractivity (Wildman–Crippen MR) is 61.4 cm³/mol. The van der Waals surface area contributed by atoms with E-state index < -0.39 is 0 Å². The topological polar surface area (TPSA) is 77.0 Å². The quantitative estimate of drug-likeness (QED) is 0.822. The van der Waals surface area contributed by atoms with Crippen molar-refractivity contribution in [2.45, 2.75) is 20.4 Å². The van der Waals surface area contributed by atoms with Crippen molar-refractivity contribution in [1.29, 1.82) is 0 Å². The Morgan fingerprint density at radius 1 is 1.25 bits per heavy atom. The third-order valence-electron chi connectivity index (χ3n) is 2.40. The van der Waals surface area contributed by atoms with Crippen LogP contribution >= 0.6 is 0 Å². The van der Waals surface area contributed by atoms with Crippen molar-refractivity contribution in [3.05, 3.63) is 35.2 Å². The van der Waals surface area contributed by atoms with Crippen molar-refractivity contribution >= 4 is 11.7 Å². The van der Waals surface area contributed by atoms with Crippen molar-refractivity contribution in [2.75, 3.05) is 5.32 Å². The number of nitrogens with zero attached hydrogens (tertiary/aromatic N) is 2. The van der Waals surface area contributed by atoms with Crippen LogP contribution in [0.3, 0.4) is 0 Å². The van der Waals surface area contributed by atoms with Crippen LogP contribution in [0.5, 0.6) is 0 Å². The average Bonchev–Trinajstić information content (AvgIpc) is 2.71. The van der Waals surface area contributed by atoms with Crippen LogP contribution in [-0.4, -0.2) is 10.2 Å². The molecule has 0 amide bonds. The van der Waals surface area contributed by atoms with E-state index in [1.54, 1.807) is 0 Å². The van der Waals surface area contributed by atoms with Crippen molar-refractivity contribution in [3.63, 3.8) is 0 Å². The van der Waals surface area contributed by atoms with E-state index in [0.29, 0.717) is 11.9 Å². The molecule has 0 aliphatic rings. The zero-order valence-electron chi connectivity index (χ0n) is 9.32. The molecule has 5 heteroatoms. The fraction of sp³-hybridized carbons (Fsp3) is 0.273. The number of anilines is 2. The number of rotatable bonds is 3. The molecule has 2 rings (SSSR count). The van der Waals surface area contributed by atoms with E-state index in [4.69, 9.17) is 10.2 Å². The minimum atomic E-state index is 0.252. The van der Waals surface area contributed by atoms with Crippen LogP contribution in [0.4, 0.5) is 11.7 Å². The highest BCUT2D eigenvalue weighted by Gasteiger charge is 2.04. The van der Waals surface area contributed by atoms with Gasteiger partial charge in [-0.05, 0) is 37.1 Å². The maximum Gasteiger partial charge on any atom is 0.320 e. The molecule has 0 fully saturated rings. The molecule has 16 heavy (non-hydrogen) atoms. The lowest BCUT2D eigenvalue weighted by atomic mass is 10.1. The minimum absolute atomic E-state index is 0.252. The molecule has 0 saturated heterocycles. The third kappa shape index (κ3) is 2.20. The molecule has 0 spiro atoms. The summed E-state index contributed by atoms with van der Waals surface area (Å²) in [6.45, 7) is 4.37. The summed E-state index contributed by atoms with van der Waals surface area (Å²) in [4.78, 5) is 0. The summed E-state index contributed by atoms with van der Waals surface area (Å²) in [6.07, 6.45) is 0. The Morgan fingerprint density at radius 3 is 2.69 bits per heavy atom. The van der Waals surface area contributed by atoms with Gasteiger partial charge in [0, 0.05) is 5.69 Å². The van der Waals surface area contributed by atoms with E-state index in [0.717, 1.165) is 5.69 Å². The zero-order valence-corrected chi connectivity index (χ0v) is 9.32. The van der Waals surface area contributed by atoms with Crippen LogP contribution in [-0.2, 0) is 6.54 Å². The highest BCUT2D eigenvalue weighted by molar-refractivity contribution is 5.54. The van der Waals surface area contributed by atoms with Gasteiger partial charge < -0.3 is 15.5 Å². The van der Waals surface area contributed by atoms with Crippen molar-refractivity contribution in [3.8, 4) is 0 Å². The molecule has 0 unspecified atom stereocenters. The summed E-state index contributed by atoms with van der Waals surface area (Å²) in [7, 11) is 0. The van der Waals surface area contributed by atoms with Gasteiger partial charge in [0.2, 0.25) is 5.89 Å².